The summed E-state index contributed by atoms with van der Waals surface area (Å²) < 4.78 is 2.14. The van der Waals surface area contributed by atoms with Gasteiger partial charge in [-0.25, -0.2) is 10.5 Å². The lowest BCUT2D eigenvalue weighted by molar-refractivity contribution is 0.0706. The minimum absolute atomic E-state index is 0.430. The number of hydrogen-bond acceptors (Lipinski definition) is 4. The maximum absolute atomic E-state index is 11.5. The van der Waals surface area contributed by atoms with Crippen LogP contribution in [0.5, 0.6) is 0 Å². The number of rotatable bonds is 6. The van der Waals surface area contributed by atoms with Gasteiger partial charge in [-0.3, -0.25) is 14.9 Å². The number of piperidine rings is 1. The second kappa shape index (κ2) is 9.95. The molecule has 1 saturated heterocycles. The van der Waals surface area contributed by atoms with Crippen LogP contribution in [0, 0.1) is 5.92 Å². The normalized spacial score (nSPS) is 19.4. The Hall–Kier alpha value is -3.22. The summed E-state index contributed by atoms with van der Waals surface area (Å²) in [6, 6.07) is 11.7. The average Bonchev–Trinajstić information content (AvgIpc) is 3.26. The molecule has 1 aliphatic carbocycles. The highest BCUT2D eigenvalue weighted by molar-refractivity contribution is 5.93. The summed E-state index contributed by atoms with van der Waals surface area (Å²) in [7, 11) is 0. The second-order valence-corrected chi connectivity index (χ2v) is 9.70. The molecule has 0 bridgehead atoms. The lowest BCUT2D eigenvalue weighted by Crippen LogP contribution is -2.34. The quantitative estimate of drug-likeness (QED) is 0.409. The van der Waals surface area contributed by atoms with Crippen molar-refractivity contribution in [3.05, 3.63) is 89.3 Å². The van der Waals surface area contributed by atoms with Crippen molar-refractivity contribution < 1.29 is 10.0 Å². The van der Waals surface area contributed by atoms with E-state index in [9.17, 15) is 4.79 Å². The number of aromatic nitrogens is 2. The third-order valence-corrected chi connectivity index (χ3v) is 7.13. The molecule has 6 nitrogen and oxygen atoms in total. The Labute approximate surface area is 200 Å². The molecule has 3 heterocycles. The first-order valence-corrected chi connectivity index (χ1v) is 12.2. The highest BCUT2D eigenvalue weighted by Gasteiger charge is 2.22. The van der Waals surface area contributed by atoms with E-state index in [1.807, 2.05) is 12.1 Å². The van der Waals surface area contributed by atoms with Gasteiger partial charge in [0.05, 0.1) is 0 Å². The van der Waals surface area contributed by atoms with Gasteiger partial charge in [0.2, 0.25) is 0 Å². The zero-order chi connectivity index (χ0) is 23.5. The molecular formula is C28H32N4O2. The largest absolute Gasteiger partial charge is 0.328 e. The number of amides is 1. The Balaban J connectivity index is 1.21. The molecule has 6 heteroatoms. The first-order valence-electron chi connectivity index (χ1n) is 12.2. The van der Waals surface area contributed by atoms with E-state index < -0.39 is 5.91 Å². The molecular weight excluding hydrogens is 424 g/mol. The Bertz CT molecular complexity index is 1220. The topological polar surface area (TPSA) is 70.4 Å². The van der Waals surface area contributed by atoms with E-state index in [0.29, 0.717) is 23.9 Å². The summed E-state index contributed by atoms with van der Waals surface area (Å²) >= 11 is 0. The van der Waals surface area contributed by atoms with Crippen molar-refractivity contribution >= 4 is 16.9 Å². The van der Waals surface area contributed by atoms with Crippen molar-refractivity contribution in [2.45, 2.75) is 38.6 Å². The second-order valence-electron chi connectivity index (χ2n) is 9.70. The van der Waals surface area contributed by atoms with Gasteiger partial charge in [-0.2, -0.15) is 0 Å². The Morgan fingerprint density at radius 3 is 2.68 bits per heavy atom. The van der Waals surface area contributed by atoms with E-state index in [1.165, 1.54) is 30.2 Å². The number of carbonyl (C=O) groups is 1. The zero-order valence-corrected chi connectivity index (χ0v) is 19.7. The Morgan fingerprint density at radius 2 is 1.94 bits per heavy atom. The van der Waals surface area contributed by atoms with Crippen LogP contribution < -0.4 is 5.48 Å². The number of pyridine rings is 1. The maximum Gasteiger partial charge on any atom is 0.274 e. The third-order valence-electron chi connectivity index (χ3n) is 7.13. The van der Waals surface area contributed by atoms with E-state index in [1.54, 1.807) is 23.2 Å². The third kappa shape index (κ3) is 4.98. The molecule has 1 unspecified atom stereocenters. The number of benzene rings is 1. The fourth-order valence-electron chi connectivity index (χ4n) is 5.23. The summed E-state index contributed by atoms with van der Waals surface area (Å²) in [4.78, 5) is 18.9. The van der Waals surface area contributed by atoms with Crippen LogP contribution >= 0.6 is 0 Å². The van der Waals surface area contributed by atoms with Crippen LogP contribution in [0.15, 0.2) is 72.6 Å². The molecule has 1 aliphatic heterocycles. The Morgan fingerprint density at radius 1 is 1.15 bits per heavy atom. The van der Waals surface area contributed by atoms with Gasteiger partial charge in [0, 0.05) is 36.4 Å². The van der Waals surface area contributed by atoms with Gasteiger partial charge in [0.25, 0.3) is 5.91 Å². The molecule has 1 amide bonds. The summed E-state index contributed by atoms with van der Waals surface area (Å²) in [5.74, 6) is 0.728. The number of nitrogens with one attached hydrogen (secondary N) is 1. The Kier molecular flexibility index (Phi) is 6.61. The van der Waals surface area contributed by atoms with Crippen LogP contribution in [0.4, 0.5) is 0 Å². The van der Waals surface area contributed by atoms with Crippen LogP contribution in [0.25, 0.3) is 11.0 Å². The molecule has 2 N–H and O–H groups in total. The summed E-state index contributed by atoms with van der Waals surface area (Å²) in [6.07, 6.45) is 14.5. The van der Waals surface area contributed by atoms with Gasteiger partial charge in [0.15, 0.2) is 0 Å². The molecule has 1 fully saturated rings. The zero-order valence-electron chi connectivity index (χ0n) is 19.7. The monoisotopic (exact) mass is 456 g/mol. The molecule has 5 rings (SSSR count). The SMILES string of the molecule is CC1C=CC=C(CN2CCC(c3cnc4c(ccn4Cc4ccc(C(=O)NO)cc4)c3)CC2)C1. The number of fused-ring (bicyclic) bond motifs is 1. The van der Waals surface area contributed by atoms with Crippen LogP contribution in [0.3, 0.4) is 0 Å². The molecule has 2 aliphatic rings. The van der Waals surface area contributed by atoms with Gasteiger partial charge < -0.3 is 4.57 Å². The molecule has 2 aromatic heterocycles. The van der Waals surface area contributed by atoms with Gasteiger partial charge in [-0.1, -0.05) is 42.9 Å². The molecule has 34 heavy (non-hydrogen) atoms. The highest BCUT2D eigenvalue weighted by atomic mass is 16.5. The van der Waals surface area contributed by atoms with Gasteiger partial charge in [-0.15, -0.1) is 0 Å². The van der Waals surface area contributed by atoms with Crippen molar-refractivity contribution in [1.82, 2.24) is 19.9 Å². The van der Waals surface area contributed by atoms with E-state index in [4.69, 9.17) is 10.2 Å². The first-order chi connectivity index (χ1) is 16.6. The van der Waals surface area contributed by atoms with Gasteiger partial charge in [-0.05, 0) is 79.6 Å². The van der Waals surface area contributed by atoms with Crippen molar-refractivity contribution in [1.29, 1.82) is 0 Å². The van der Waals surface area contributed by atoms with E-state index in [-0.39, 0.29) is 0 Å². The number of carbonyl (C=O) groups excluding carboxylic acids is 1. The number of hydrogen-bond donors (Lipinski definition) is 2. The molecule has 3 aromatic rings. The van der Waals surface area contributed by atoms with Crippen molar-refractivity contribution in [3.63, 3.8) is 0 Å². The molecule has 176 valence electrons. The number of nitrogens with zero attached hydrogens (tertiary/aromatic N) is 3. The molecule has 0 spiro atoms. The first kappa shape index (κ1) is 22.6. The standard InChI is InChI=1S/C28H32N4O2/c1-20-3-2-4-22(15-20)18-31-12-9-23(10-13-31)26-16-25-11-14-32(27(25)29-17-26)19-21-5-7-24(8-6-21)28(33)30-34/h2-8,11,14,16-17,20,23,34H,9-10,12-13,15,18-19H2,1H3,(H,30,33). The van der Waals surface area contributed by atoms with Crippen LogP contribution in [0.2, 0.25) is 0 Å². The van der Waals surface area contributed by atoms with E-state index in [2.05, 4.69) is 59.1 Å². The number of allylic oxidation sites excluding steroid dienone is 3. The maximum atomic E-state index is 11.5. The molecule has 1 aromatic carbocycles. The van der Waals surface area contributed by atoms with Crippen LogP contribution in [-0.4, -0.2) is 45.2 Å². The van der Waals surface area contributed by atoms with Crippen molar-refractivity contribution in [3.8, 4) is 0 Å². The highest BCUT2D eigenvalue weighted by Crippen LogP contribution is 2.30. The number of hydroxylamine groups is 1. The van der Waals surface area contributed by atoms with E-state index in [0.717, 1.165) is 30.8 Å². The summed E-state index contributed by atoms with van der Waals surface area (Å²) in [5, 5.41) is 9.94. The average molecular weight is 457 g/mol. The molecule has 1 atom stereocenters. The fraction of sp³-hybridized carbons (Fsp3) is 0.357. The van der Waals surface area contributed by atoms with Crippen molar-refractivity contribution in [2.24, 2.45) is 5.92 Å². The molecule has 0 saturated carbocycles. The predicted octanol–water partition coefficient (Wildman–Crippen LogP) is 4.91. The summed E-state index contributed by atoms with van der Waals surface area (Å²) in [6.45, 7) is 6.36. The van der Waals surface area contributed by atoms with Crippen molar-refractivity contribution in [2.75, 3.05) is 19.6 Å². The lowest BCUT2D eigenvalue weighted by atomic mass is 9.89. The van der Waals surface area contributed by atoms with Crippen LogP contribution in [0.1, 0.15) is 53.6 Å². The minimum Gasteiger partial charge on any atom is -0.328 e. The fourth-order valence-corrected chi connectivity index (χ4v) is 5.23. The van der Waals surface area contributed by atoms with Crippen LogP contribution in [-0.2, 0) is 6.54 Å². The summed E-state index contributed by atoms with van der Waals surface area (Å²) in [5.41, 5.74) is 7.05. The number of likely N-dealkylation sites (tertiary alicyclic amines) is 1. The molecule has 0 radical (unpaired) electrons. The minimum atomic E-state index is -0.504. The predicted molar refractivity (Wildman–Crippen MR) is 134 cm³/mol. The smallest absolute Gasteiger partial charge is 0.274 e. The van der Waals surface area contributed by atoms with E-state index >= 15 is 0 Å². The van der Waals surface area contributed by atoms with Gasteiger partial charge in [0.1, 0.15) is 5.65 Å². The van der Waals surface area contributed by atoms with Gasteiger partial charge >= 0.3 is 0 Å². The lowest BCUT2D eigenvalue weighted by Gasteiger charge is -2.33.